The van der Waals surface area contributed by atoms with Gasteiger partial charge in [-0.2, -0.15) is 0 Å². The van der Waals surface area contributed by atoms with Gasteiger partial charge in [-0.1, -0.05) is 54.6 Å². The first-order valence-electron chi connectivity index (χ1n) is 9.06. The van der Waals surface area contributed by atoms with Crippen LogP contribution in [0.15, 0.2) is 89.9 Å². The number of ether oxygens (including phenoxy) is 1. The van der Waals surface area contributed by atoms with E-state index in [1.54, 1.807) is 10.9 Å². The van der Waals surface area contributed by atoms with Crippen molar-refractivity contribution in [3.05, 3.63) is 101 Å². The zero-order chi connectivity index (χ0) is 18.9. The Labute approximate surface area is 160 Å². The van der Waals surface area contributed by atoms with E-state index in [1.165, 1.54) is 0 Å². The van der Waals surface area contributed by atoms with E-state index in [9.17, 15) is 4.79 Å². The number of benzene rings is 3. The van der Waals surface area contributed by atoms with Gasteiger partial charge in [0.1, 0.15) is 12.4 Å². The van der Waals surface area contributed by atoms with Gasteiger partial charge in [0, 0.05) is 6.20 Å². The zero-order valence-corrected chi connectivity index (χ0v) is 15.0. The Kier molecular flexibility index (Phi) is 3.91. The minimum absolute atomic E-state index is 0.131. The van der Waals surface area contributed by atoms with Crippen LogP contribution < -0.4 is 10.3 Å². The average Bonchev–Trinajstić information content (AvgIpc) is 3.10. The molecule has 0 saturated carbocycles. The molecule has 2 aromatic heterocycles. The Hall–Kier alpha value is -3.86. The van der Waals surface area contributed by atoms with Crippen molar-refractivity contribution in [2.75, 3.05) is 0 Å². The molecule has 0 unspecified atom stereocenters. The molecule has 0 spiro atoms. The predicted molar refractivity (Wildman–Crippen MR) is 110 cm³/mol. The number of H-pyrrole nitrogens is 1. The molecule has 136 valence electrons. The van der Waals surface area contributed by atoms with Crippen molar-refractivity contribution in [1.29, 1.82) is 0 Å². The second kappa shape index (κ2) is 6.70. The van der Waals surface area contributed by atoms with E-state index < -0.39 is 0 Å². The molecule has 28 heavy (non-hydrogen) atoms. The fraction of sp³-hybridized carbons (Fsp3) is 0.0435. The van der Waals surface area contributed by atoms with Crippen molar-refractivity contribution in [3.8, 4) is 11.4 Å². The third-order valence-electron chi connectivity index (χ3n) is 4.76. The second-order valence-electron chi connectivity index (χ2n) is 6.56. The molecular formula is C23H17N3O2. The SMILES string of the molecule is O=c1c2cnc3cccc(OCc4ccccc4)c3c2[nH]n1-c1ccccc1. The maximum absolute atomic E-state index is 12.9. The quantitative estimate of drug-likeness (QED) is 0.511. The maximum atomic E-state index is 12.9. The highest BCUT2D eigenvalue weighted by Gasteiger charge is 2.15. The molecule has 2 heterocycles. The van der Waals surface area contributed by atoms with Crippen LogP contribution >= 0.6 is 0 Å². The maximum Gasteiger partial charge on any atom is 0.280 e. The van der Waals surface area contributed by atoms with Crippen LogP contribution in [0.1, 0.15) is 5.56 Å². The first-order valence-corrected chi connectivity index (χ1v) is 9.06. The molecule has 1 N–H and O–H groups in total. The van der Waals surface area contributed by atoms with Crippen molar-refractivity contribution >= 4 is 21.8 Å². The van der Waals surface area contributed by atoms with E-state index in [4.69, 9.17) is 4.74 Å². The summed E-state index contributed by atoms with van der Waals surface area (Å²) in [5, 5.41) is 4.59. The number of fused-ring (bicyclic) bond motifs is 3. The van der Waals surface area contributed by atoms with Crippen molar-refractivity contribution in [2.24, 2.45) is 0 Å². The summed E-state index contributed by atoms with van der Waals surface area (Å²) in [6, 6.07) is 25.2. The number of para-hydroxylation sites is 1. The van der Waals surface area contributed by atoms with Gasteiger partial charge in [0.25, 0.3) is 5.56 Å². The molecule has 0 aliphatic heterocycles. The number of hydrogen-bond acceptors (Lipinski definition) is 3. The third-order valence-corrected chi connectivity index (χ3v) is 4.76. The van der Waals surface area contributed by atoms with Crippen LogP contribution in [0.2, 0.25) is 0 Å². The molecule has 0 bridgehead atoms. The van der Waals surface area contributed by atoms with Gasteiger partial charge in [-0.3, -0.25) is 14.9 Å². The molecule has 5 heteroatoms. The summed E-state index contributed by atoms with van der Waals surface area (Å²) in [7, 11) is 0. The normalized spacial score (nSPS) is 11.1. The van der Waals surface area contributed by atoms with Gasteiger partial charge >= 0.3 is 0 Å². The molecule has 0 atom stereocenters. The lowest BCUT2D eigenvalue weighted by molar-refractivity contribution is 0.310. The molecule has 0 radical (unpaired) electrons. The highest BCUT2D eigenvalue weighted by Crippen LogP contribution is 2.30. The monoisotopic (exact) mass is 367 g/mol. The van der Waals surface area contributed by atoms with Crippen LogP contribution in [0.5, 0.6) is 5.75 Å². The molecule has 3 aromatic carbocycles. The average molecular weight is 367 g/mol. The van der Waals surface area contributed by atoms with Crippen molar-refractivity contribution in [2.45, 2.75) is 6.61 Å². The lowest BCUT2D eigenvalue weighted by Gasteiger charge is -2.09. The minimum atomic E-state index is -0.131. The number of pyridine rings is 1. The number of aromatic nitrogens is 3. The fourth-order valence-corrected chi connectivity index (χ4v) is 3.39. The van der Waals surface area contributed by atoms with E-state index >= 15 is 0 Å². The molecule has 5 aromatic rings. The molecule has 5 nitrogen and oxygen atoms in total. The molecule has 5 rings (SSSR count). The van der Waals surface area contributed by atoms with Gasteiger partial charge in [0.05, 0.1) is 27.5 Å². The van der Waals surface area contributed by atoms with E-state index in [0.29, 0.717) is 17.7 Å². The van der Waals surface area contributed by atoms with Crippen LogP contribution in [-0.4, -0.2) is 14.8 Å². The lowest BCUT2D eigenvalue weighted by atomic mass is 10.1. The van der Waals surface area contributed by atoms with Crippen molar-refractivity contribution < 1.29 is 4.74 Å². The summed E-state index contributed by atoms with van der Waals surface area (Å²) >= 11 is 0. The van der Waals surface area contributed by atoms with Gasteiger partial charge in [-0.15, -0.1) is 0 Å². The summed E-state index contributed by atoms with van der Waals surface area (Å²) in [6.45, 7) is 0.444. The van der Waals surface area contributed by atoms with E-state index in [2.05, 4.69) is 10.1 Å². The number of nitrogens with one attached hydrogen (secondary N) is 1. The van der Waals surface area contributed by atoms with Crippen LogP contribution in [0.4, 0.5) is 0 Å². The summed E-state index contributed by atoms with van der Waals surface area (Å²) in [6.07, 6.45) is 1.62. The first-order chi connectivity index (χ1) is 13.8. The summed E-state index contributed by atoms with van der Waals surface area (Å²) in [4.78, 5) is 17.4. The Morgan fingerprint density at radius 2 is 1.64 bits per heavy atom. The largest absolute Gasteiger partial charge is 0.488 e. The summed E-state index contributed by atoms with van der Waals surface area (Å²) in [5.41, 5.74) is 3.23. The number of rotatable bonds is 4. The standard InChI is InChI=1S/C23H17N3O2/c27-23-18-14-24-19-12-7-13-20(28-15-16-8-3-1-4-9-16)21(19)22(18)25-26(23)17-10-5-2-6-11-17/h1-14,25H,15H2. The van der Waals surface area contributed by atoms with E-state index in [-0.39, 0.29) is 5.56 Å². The van der Waals surface area contributed by atoms with Gasteiger partial charge in [-0.05, 0) is 29.8 Å². The molecule has 0 aliphatic rings. The lowest BCUT2D eigenvalue weighted by Crippen LogP contribution is -2.13. The molecule has 0 aliphatic carbocycles. The molecular weight excluding hydrogens is 350 g/mol. The van der Waals surface area contributed by atoms with E-state index in [1.807, 2.05) is 78.9 Å². The van der Waals surface area contributed by atoms with Crippen LogP contribution in [-0.2, 0) is 6.61 Å². The third kappa shape index (κ3) is 2.74. The van der Waals surface area contributed by atoms with Crippen molar-refractivity contribution in [3.63, 3.8) is 0 Å². The Bertz CT molecular complexity index is 1320. The molecule has 0 amide bonds. The fourth-order valence-electron chi connectivity index (χ4n) is 3.39. The minimum Gasteiger partial charge on any atom is -0.488 e. The highest BCUT2D eigenvalue weighted by molar-refractivity contribution is 6.06. The summed E-state index contributed by atoms with van der Waals surface area (Å²) < 4.78 is 7.64. The van der Waals surface area contributed by atoms with Crippen LogP contribution in [0, 0.1) is 0 Å². The van der Waals surface area contributed by atoms with Crippen LogP contribution in [0.25, 0.3) is 27.5 Å². The first kappa shape index (κ1) is 16.3. The Morgan fingerprint density at radius 3 is 2.43 bits per heavy atom. The van der Waals surface area contributed by atoms with Gasteiger partial charge < -0.3 is 4.74 Å². The second-order valence-corrected chi connectivity index (χ2v) is 6.56. The topological polar surface area (TPSA) is 59.9 Å². The summed E-state index contributed by atoms with van der Waals surface area (Å²) in [5.74, 6) is 0.695. The number of aromatic amines is 1. The predicted octanol–water partition coefficient (Wildman–Crippen LogP) is 4.45. The van der Waals surface area contributed by atoms with E-state index in [0.717, 1.165) is 27.7 Å². The molecule has 0 fully saturated rings. The van der Waals surface area contributed by atoms with Gasteiger partial charge in [-0.25, -0.2) is 4.68 Å². The van der Waals surface area contributed by atoms with Crippen molar-refractivity contribution in [1.82, 2.24) is 14.8 Å². The van der Waals surface area contributed by atoms with Gasteiger partial charge in [0.2, 0.25) is 0 Å². The zero-order valence-electron chi connectivity index (χ0n) is 15.0. The Morgan fingerprint density at radius 1 is 0.893 bits per heavy atom. The highest BCUT2D eigenvalue weighted by atomic mass is 16.5. The smallest absolute Gasteiger partial charge is 0.280 e. The number of nitrogens with zero attached hydrogens (tertiary/aromatic N) is 2. The number of hydrogen-bond donors (Lipinski definition) is 1. The van der Waals surface area contributed by atoms with Crippen LogP contribution in [0.3, 0.4) is 0 Å². The Balaban J connectivity index is 1.67. The van der Waals surface area contributed by atoms with Gasteiger partial charge in [0.15, 0.2) is 0 Å². The molecule has 0 saturated heterocycles.